The van der Waals surface area contributed by atoms with Gasteiger partial charge in [-0.1, -0.05) is 26.2 Å². The average molecular weight is 259 g/mol. The smallest absolute Gasteiger partial charge is 0.131 e. The topological polar surface area (TPSA) is 37.8 Å². The molecule has 1 fully saturated rings. The summed E-state index contributed by atoms with van der Waals surface area (Å²) in [4.78, 5) is 9.63. The normalized spacial score (nSPS) is 24.2. The van der Waals surface area contributed by atoms with Gasteiger partial charge in [-0.2, -0.15) is 0 Å². The Labute approximate surface area is 116 Å². The minimum Gasteiger partial charge on any atom is -0.310 e. The van der Waals surface area contributed by atoms with E-state index >= 15 is 0 Å². The van der Waals surface area contributed by atoms with E-state index in [4.69, 9.17) is 9.97 Å². The van der Waals surface area contributed by atoms with Gasteiger partial charge in [0.15, 0.2) is 0 Å². The van der Waals surface area contributed by atoms with Crippen LogP contribution in [0.2, 0.25) is 0 Å². The first-order chi connectivity index (χ1) is 9.38. The van der Waals surface area contributed by atoms with Gasteiger partial charge in [-0.15, -0.1) is 0 Å². The summed E-state index contributed by atoms with van der Waals surface area (Å²) in [5.41, 5.74) is 2.68. The van der Waals surface area contributed by atoms with E-state index < -0.39 is 0 Å². The number of fused-ring (bicyclic) bond motifs is 1. The molecule has 0 saturated heterocycles. The lowest BCUT2D eigenvalue weighted by atomic mass is 10.0. The van der Waals surface area contributed by atoms with Crippen LogP contribution < -0.4 is 5.32 Å². The summed E-state index contributed by atoms with van der Waals surface area (Å²) in [6, 6.07) is 0.472. The molecule has 1 aromatic heterocycles. The largest absolute Gasteiger partial charge is 0.310 e. The van der Waals surface area contributed by atoms with Crippen LogP contribution in [0.3, 0.4) is 0 Å². The van der Waals surface area contributed by atoms with Gasteiger partial charge in [0.25, 0.3) is 0 Å². The standard InChI is InChI=1S/C16H25N3/c1-2-17-14-9-5-6-10-15-13(14)11-18-16(19-15)12-7-3-4-8-12/h11-12,14,17H,2-10H2,1H3. The highest BCUT2D eigenvalue weighted by Gasteiger charge is 2.24. The SMILES string of the molecule is CCNC1CCCCc2nc(C3CCCC3)ncc21. The summed E-state index contributed by atoms with van der Waals surface area (Å²) in [5.74, 6) is 1.75. The predicted molar refractivity (Wildman–Crippen MR) is 77.2 cm³/mol. The van der Waals surface area contributed by atoms with E-state index in [1.807, 2.05) is 0 Å². The van der Waals surface area contributed by atoms with E-state index in [0.29, 0.717) is 12.0 Å². The molecule has 0 amide bonds. The monoisotopic (exact) mass is 259 g/mol. The average Bonchev–Trinajstić information content (AvgIpc) is 2.89. The van der Waals surface area contributed by atoms with Crippen molar-refractivity contribution >= 4 is 0 Å². The lowest BCUT2D eigenvalue weighted by molar-refractivity contribution is 0.501. The van der Waals surface area contributed by atoms with Crippen LogP contribution in [-0.4, -0.2) is 16.5 Å². The Morgan fingerprint density at radius 1 is 1.16 bits per heavy atom. The number of aryl methyl sites for hydroxylation is 1. The molecule has 104 valence electrons. The molecule has 0 aromatic carbocycles. The van der Waals surface area contributed by atoms with Crippen LogP contribution in [0.1, 0.15) is 80.9 Å². The molecule has 3 rings (SSSR count). The maximum absolute atomic E-state index is 4.94. The second-order valence-electron chi connectivity index (χ2n) is 5.97. The number of nitrogens with one attached hydrogen (secondary N) is 1. The number of hydrogen-bond acceptors (Lipinski definition) is 3. The molecule has 1 N–H and O–H groups in total. The number of nitrogens with zero attached hydrogens (tertiary/aromatic N) is 2. The highest BCUT2D eigenvalue weighted by atomic mass is 14.9. The molecule has 0 radical (unpaired) electrons. The van der Waals surface area contributed by atoms with Gasteiger partial charge in [-0.25, -0.2) is 9.97 Å². The van der Waals surface area contributed by atoms with E-state index in [9.17, 15) is 0 Å². The molecule has 2 aliphatic rings. The van der Waals surface area contributed by atoms with Gasteiger partial charge in [-0.3, -0.25) is 0 Å². The van der Waals surface area contributed by atoms with Crippen molar-refractivity contribution in [2.75, 3.05) is 6.54 Å². The quantitative estimate of drug-likeness (QED) is 0.844. The third-order valence-corrected chi connectivity index (χ3v) is 4.62. The predicted octanol–water partition coefficient (Wildman–Crippen LogP) is 3.51. The fraction of sp³-hybridized carbons (Fsp3) is 0.750. The summed E-state index contributed by atoms with van der Waals surface area (Å²) < 4.78 is 0. The van der Waals surface area contributed by atoms with Crippen molar-refractivity contribution in [1.82, 2.24) is 15.3 Å². The summed E-state index contributed by atoms with van der Waals surface area (Å²) >= 11 is 0. The van der Waals surface area contributed by atoms with Crippen LogP contribution in [-0.2, 0) is 6.42 Å². The van der Waals surface area contributed by atoms with Crippen molar-refractivity contribution in [2.24, 2.45) is 0 Å². The van der Waals surface area contributed by atoms with Crippen LogP contribution in [0.15, 0.2) is 6.20 Å². The van der Waals surface area contributed by atoms with Crippen molar-refractivity contribution < 1.29 is 0 Å². The second-order valence-corrected chi connectivity index (χ2v) is 5.97. The van der Waals surface area contributed by atoms with E-state index in [0.717, 1.165) is 18.8 Å². The molecule has 0 spiro atoms. The highest BCUT2D eigenvalue weighted by Crippen LogP contribution is 2.34. The Kier molecular flexibility index (Phi) is 4.12. The molecule has 1 aromatic rings. The molecule has 0 aliphatic heterocycles. The van der Waals surface area contributed by atoms with Gasteiger partial charge >= 0.3 is 0 Å². The van der Waals surface area contributed by atoms with Gasteiger partial charge in [0, 0.05) is 29.4 Å². The fourth-order valence-electron chi connectivity index (χ4n) is 3.57. The van der Waals surface area contributed by atoms with Crippen molar-refractivity contribution in [3.8, 4) is 0 Å². The van der Waals surface area contributed by atoms with Crippen LogP contribution in [0, 0.1) is 0 Å². The second kappa shape index (κ2) is 6.00. The van der Waals surface area contributed by atoms with Crippen LogP contribution >= 0.6 is 0 Å². The van der Waals surface area contributed by atoms with Crippen LogP contribution in [0.4, 0.5) is 0 Å². The van der Waals surface area contributed by atoms with Crippen molar-refractivity contribution in [3.05, 3.63) is 23.3 Å². The van der Waals surface area contributed by atoms with Crippen molar-refractivity contribution in [2.45, 2.75) is 70.3 Å². The Bertz CT molecular complexity index is 424. The molecule has 3 nitrogen and oxygen atoms in total. The zero-order valence-electron chi connectivity index (χ0n) is 12.0. The van der Waals surface area contributed by atoms with E-state index in [1.165, 1.54) is 56.2 Å². The molecular formula is C16H25N3. The molecule has 1 heterocycles. The maximum atomic E-state index is 4.94. The Morgan fingerprint density at radius 3 is 2.74 bits per heavy atom. The van der Waals surface area contributed by atoms with E-state index in [-0.39, 0.29) is 0 Å². The number of hydrogen-bond donors (Lipinski definition) is 1. The van der Waals surface area contributed by atoms with E-state index in [1.54, 1.807) is 0 Å². The Balaban J connectivity index is 1.87. The highest BCUT2D eigenvalue weighted by molar-refractivity contribution is 5.24. The van der Waals surface area contributed by atoms with Gasteiger partial charge in [0.2, 0.25) is 0 Å². The van der Waals surface area contributed by atoms with Gasteiger partial charge < -0.3 is 5.32 Å². The molecule has 3 heteroatoms. The molecule has 19 heavy (non-hydrogen) atoms. The van der Waals surface area contributed by atoms with Gasteiger partial charge in [0.05, 0.1) is 0 Å². The molecule has 0 bridgehead atoms. The summed E-state index contributed by atoms with van der Waals surface area (Å²) in [6.07, 6.45) is 12.3. The zero-order valence-corrected chi connectivity index (χ0v) is 12.0. The number of rotatable bonds is 3. The fourth-order valence-corrected chi connectivity index (χ4v) is 3.57. The van der Waals surface area contributed by atoms with Crippen molar-refractivity contribution in [3.63, 3.8) is 0 Å². The molecule has 1 saturated carbocycles. The Morgan fingerprint density at radius 2 is 1.95 bits per heavy atom. The first-order valence-electron chi connectivity index (χ1n) is 7.97. The summed E-state index contributed by atoms with van der Waals surface area (Å²) in [5, 5.41) is 3.59. The zero-order chi connectivity index (χ0) is 13.1. The summed E-state index contributed by atoms with van der Waals surface area (Å²) in [6.45, 7) is 3.20. The minimum atomic E-state index is 0.472. The first-order valence-corrected chi connectivity index (χ1v) is 7.97. The molecule has 1 atom stereocenters. The minimum absolute atomic E-state index is 0.472. The third-order valence-electron chi connectivity index (χ3n) is 4.62. The van der Waals surface area contributed by atoms with Crippen LogP contribution in [0.5, 0.6) is 0 Å². The lowest BCUT2D eigenvalue weighted by Crippen LogP contribution is -2.22. The van der Waals surface area contributed by atoms with Gasteiger partial charge in [-0.05, 0) is 38.6 Å². The third kappa shape index (κ3) is 2.81. The van der Waals surface area contributed by atoms with E-state index in [2.05, 4.69) is 18.4 Å². The molecular weight excluding hydrogens is 234 g/mol. The maximum Gasteiger partial charge on any atom is 0.131 e. The number of aromatic nitrogens is 2. The summed E-state index contributed by atoms with van der Waals surface area (Å²) in [7, 11) is 0. The lowest BCUT2D eigenvalue weighted by Gasteiger charge is -2.18. The first kappa shape index (κ1) is 13.0. The van der Waals surface area contributed by atoms with Crippen LogP contribution in [0.25, 0.3) is 0 Å². The molecule has 1 unspecified atom stereocenters. The van der Waals surface area contributed by atoms with Gasteiger partial charge in [0.1, 0.15) is 5.82 Å². The Hall–Kier alpha value is -0.960. The van der Waals surface area contributed by atoms with Crippen molar-refractivity contribution in [1.29, 1.82) is 0 Å². The molecule has 2 aliphatic carbocycles.